The molecule has 0 bridgehead atoms. The van der Waals surface area contributed by atoms with Crippen LogP contribution in [0.3, 0.4) is 0 Å². The lowest BCUT2D eigenvalue weighted by molar-refractivity contribution is -0.132. The maximum absolute atomic E-state index is 12.4. The van der Waals surface area contributed by atoms with Crippen LogP contribution in [-0.2, 0) is 4.79 Å². The third-order valence-corrected chi connectivity index (χ3v) is 5.24. The first-order valence-corrected chi connectivity index (χ1v) is 9.09. The minimum Gasteiger partial charge on any atom is -0.354 e. The van der Waals surface area contributed by atoms with Crippen LogP contribution in [0.1, 0.15) is 19.3 Å². The number of piperidine rings is 1. The van der Waals surface area contributed by atoms with Crippen LogP contribution in [0, 0.1) is 0 Å². The lowest BCUT2D eigenvalue weighted by atomic mass is 10.1. The molecule has 2 saturated heterocycles. The predicted octanol–water partition coefficient (Wildman–Crippen LogP) is 1.65. The van der Waals surface area contributed by atoms with Crippen molar-refractivity contribution < 1.29 is 4.79 Å². The van der Waals surface area contributed by atoms with Crippen LogP contribution in [0.25, 0.3) is 0 Å². The van der Waals surface area contributed by atoms with E-state index in [1.807, 2.05) is 30.3 Å². The average molecular weight is 404 g/mol. The molecule has 0 saturated carbocycles. The molecule has 0 aliphatic carbocycles. The molecular formula is C18H31Cl2N5O. The van der Waals surface area contributed by atoms with Gasteiger partial charge in [0, 0.05) is 64.5 Å². The van der Waals surface area contributed by atoms with Crippen molar-refractivity contribution in [2.45, 2.75) is 25.3 Å². The molecule has 1 aromatic rings. The van der Waals surface area contributed by atoms with E-state index in [1.54, 1.807) is 0 Å². The number of halogens is 2. The Hall–Kier alpha value is -1.08. The summed E-state index contributed by atoms with van der Waals surface area (Å²) in [5.41, 5.74) is 0. The van der Waals surface area contributed by atoms with Gasteiger partial charge in [0.15, 0.2) is 0 Å². The molecule has 0 radical (unpaired) electrons. The second-order valence-corrected chi connectivity index (χ2v) is 6.71. The molecular weight excluding hydrogens is 373 g/mol. The first-order valence-electron chi connectivity index (χ1n) is 9.09. The predicted molar refractivity (Wildman–Crippen MR) is 111 cm³/mol. The largest absolute Gasteiger partial charge is 0.354 e. The van der Waals surface area contributed by atoms with E-state index < -0.39 is 0 Å². The normalized spacial score (nSPS) is 18.8. The molecule has 2 aliphatic heterocycles. The van der Waals surface area contributed by atoms with Crippen LogP contribution >= 0.6 is 24.8 Å². The Balaban J connectivity index is 0.00000169. The number of piperazine rings is 1. The number of carbonyl (C=O) groups is 1. The van der Waals surface area contributed by atoms with Crippen molar-refractivity contribution in [2.75, 3.05) is 57.8 Å². The fraction of sp³-hybridized carbons (Fsp3) is 0.667. The lowest BCUT2D eigenvalue weighted by Crippen LogP contribution is -2.48. The van der Waals surface area contributed by atoms with Gasteiger partial charge in [0.25, 0.3) is 0 Å². The summed E-state index contributed by atoms with van der Waals surface area (Å²) < 4.78 is 0. The summed E-state index contributed by atoms with van der Waals surface area (Å²) in [6.45, 7) is 6.66. The van der Waals surface area contributed by atoms with Gasteiger partial charge < -0.3 is 15.1 Å². The molecule has 0 atom stereocenters. The summed E-state index contributed by atoms with van der Waals surface area (Å²) in [4.78, 5) is 23.6. The van der Waals surface area contributed by atoms with E-state index in [-0.39, 0.29) is 24.8 Å². The van der Waals surface area contributed by atoms with Crippen LogP contribution in [0.5, 0.6) is 0 Å². The van der Waals surface area contributed by atoms with Gasteiger partial charge in [-0.15, -0.1) is 24.8 Å². The monoisotopic (exact) mass is 403 g/mol. The van der Waals surface area contributed by atoms with E-state index in [2.05, 4.69) is 26.2 Å². The number of rotatable bonds is 5. The smallest absolute Gasteiger partial charge is 0.223 e. The number of likely N-dealkylation sites (tertiary alicyclic amines) is 1. The Labute approximate surface area is 169 Å². The number of nitrogens with zero attached hydrogens (tertiary/aromatic N) is 4. The fourth-order valence-electron chi connectivity index (χ4n) is 3.57. The second kappa shape index (κ2) is 11.6. The van der Waals surface area contributed by atoms with Crippen LogP contribution < -0.4 is 10.2 Å². The third kappa shape index (κ3) is 6.27. The van der Waals surface area contributed by atoms with Gasteiger partial charge in [0.1, 0.15) is 5.82 Å². The Morgan fingerprint density at radius 3 is 2.38 bits per heavy atom. The van der Waals surface area contributed by atoms with Crippen molar-refractivity contribution in [2.24, 2.45) is 0 Å². The van der Waals surface area contributed by atoms with Crippen molar-refractivity contribution in [3.8, 4) is 0 Å². The van der Waals surface area contributed by atoms with Gasteiger partial charge in [-0.1, -0.05) is 6.07 Å². The molecule has 0 unspecified atom stereocenters. The number of hydrogen-bond donors (Lipinski definition) is 1. The maximum atomic E-state index is 12.4. The molecule has 8 heteroatoms. The van der Waals surface area contributed by atoms with E-state index >= 15 is 0 Å². The van der Waals surface area contributed by atoms with Gasteiger partial charge in [-0.25, -0.2) is 4.98 Å². The molecule has 1 amide bonds. The first kappa shape index (κ1) is 23.0. The molecule has 2 aliphatic rings. The highest BCUT2D eigenvalue weighted by Gasteiger charge is 2.23. The van der Waals surface area contributed by atoms with E-state index in [0.29, 0.717) is 18.4 Å². The topological polar surface area (TPSA) is 51.7 Å². The summed E-state index contributed by atoms with van der Waals surface area (Å²) in [5, 5.41) is 3.31. The molecule has 1 N–H and O–H groups in total. The van der Waals surface area contributed by atoms with E-state index in [4.69, 9.17) is 0 Å². The molecule has 26 heavy (non-hydrogen) atoms. The standard InChI is InChI=1S/C18H29N5O.2ClH/c1-19-16-5-10-23(11-6-16)18(24)7-9-21-12-14-22(15-13-21)17-4-2-3-8-20-17;;/h2-4,8,16,19H,5-7,9-15H2,1H3;2*1H. The molecule has 0 spiro atoms. The van der Waals surface area contributed by atoms with Crippen LogP contribution in [0.2, 0.25) is 0 Å². The van der Waals surface area contributed by atoms with Crippen LogP contribution in [0.15, 0.2) is 24.4 Å². The molecule has 3 heterocycles. The van der Waals surface area contributed by atoms with Gasteiger partial charge in [-0.3, -0.25) is 9.69 Å². The Morgan fingerprint density at radius 2 is 1.81 bits per heavy atom. The number of anilines is 1. The molecule has 1 aromatic heterocycles. The van der Waals surface area contributed by atoms with Gasteiger partial charge >= 0.3 is 0 Å². The summed E-state index contributed by atoms with van der Waals surface area (Å²) in [7, 11) is 2.01. The van der Waals surface area contributed by atoms with E-state index in [1.165, 1.54) is 0 Å². The number of pyridine rings is 1. The van der Waals surface area contributed by atoms with Crippen molar-refractivity contribution in [3.63, 3.8) is 0 Å². The van der Waals surface area contributed by atoms with Crippen molar-refractivity contribution in [3.05, 3.63) is 24.4 Å². The number of nitrogens with one attached hydrogen (secondary N) is 1. The van der Waals surface area contributed by atoms with Gasteiger partial charge in [0.2, 0.25) is 5.91 Å². The molecule has 0 aromatic carbocycles. The molecule has 2 fully saturated rings. The third-order valence-electron chi connectivity index (χ3n) is 5.24. The zero-order valence-electron chi connectivity index (χ0n) is 15.5. The average Bonchev–Trinajstić information content (AvgIpc) is 2.67. The Bertz CT molecular complexity index is 518. The van der Waals surface area contributed by atoms with Gasteiger partial charge in [-0.05, 0) is 32.0 Å². The van der Waals surface area contributed by atoms with Crippen molar-refractivity contribution >= 4 is 36.5 Å². The highest BCUT2D eigenvalue weighted by atomic mass is 35.5. The maximum Gasteiger partial charge on any atom is 0.223 e. The summed E-state index contributed by atoms with van der Waals surface area (Å²) in [5.74, 6) is 1.37. The van der Waals surface area contributed by atoms with Crippen LogP contribution in [0.4, 0.5) is 5.82 Å². The minimum absolute atomic E-state index is 0. The quantitative estimate of drug-likeness (QED) is 0.809. The van der Waals surface area contributed by atoms with Crippen molar-refractivity contribution in [1.29, 1.82) is 0 Å². The molecule has 6 nitrogen and oxygen atoms in total. The van der Waals surface area contributed by atoms with Gasteiger partial charge in [0.05, 0.1) is 0 Å². The Morgan fingerprint density at radius 1 is 1.12 bits per heavy atom. The lowest BCUT2D eigenvalue weighted by Gasteiger charge is -2.36. The summed E-state index contributed by atoms with van der Waals surface area (Å²) in [6.07, 6.45) is 4.64. The van der Waals surface area contributed by atoms with Crippen LogP contribution in [-0.4, -0.2) is 79.6 Å². The summed E-state index contributed by atoms with van der Waals surface area (Å²) >= 11 is 0. The zero-order valence-corrected chi connectivity index (χ0v) is 17.1. The second-order valence-electron chi connectivity index (χ2n) is 6.71. The highest BCUT2D eigenvalue weighted by Crippen LogP contribution is 2.14. The highest BCUT2D eigenvalue weighted by molar-refractivity contribution is 5.85. The van der Waals surface area contributed by atoms with E-state index in [9.17, 15) is 4.79 Å². The number of carbonyl (C=O) groups excluding carboxylic acids is 1. The number of amides is 1. The zero-order chi connectivity index (χ0) is 16.8. The first-order chi connectivity index (χ1) is 11.8. The number of aromatic nitrogens is 1. The van der Waals surface area contributed by atoms with Gasteiger partial charge in [-0.2, -0.15) is 0 Å². The SMILES string of the molecule is CNC1CCN(C(=O)CCN2CCN(c3ccccn3)CC2)CC1.Cl.Cl. The van der Waals surface area contributed by atoms with Crippen molar-refractivity contribution in [1.82, 2.24) is 20.1 Å². The van der Waals surface area contributed by atoms with E-state index in [0.717, 1.165) is 64.5 Å². The number of hydrogen-bond acceptors (Lipinski definition) is 5. The minimum atomic E-state index is 0. The molecule has 3 rings (SSSR count). The Kier molecular flexibility index (Phi) is 10.2. The fourth-order valence-corrected chi connectivity index (χ4v) is 3.57. The summed E-state index contributed by atoms with van der Waals surface area (Å²) in [6, 6.07) is 6.62. The molecule has 148 valence electrons.